The zero-order valence-electron chi connectivity index (χ0n) is 15.4. The van der Waals surface area contributed by atoms with Crippen LogP contribution in [0.2, 0.25) is 0 Å². The predicted octanol–water partition coefficient (Wildman–Crippen LogP) is 5.07. The van der Waals surface area contributed by atoms with Crippen LogP contribution in [0.4, 0.5) is 0 Å². The number of hydrogen-bond acceptors (Lipinski definition) is 4. The van der Waals surface area contributed by atoms with Gasteiger partial charge in [0.25, 0.3) is 0 Å². The van der Waals surface area contributed by atoms with E-state index in [1.165, 1.54) is 6.20 Å². The number of carboxylic acid groups (broad SMARTS) is 1. The largest absolute Gasteiger partial charge is 0.493 e. The van der Waals surface area contributed by atoms with Crippen molar-refractivity contribution in [3.63, 3.8) is 0 Å². The Hall–Kier alpha value is -3.34. The van der Waals surface area contributed by atoms with Crippen LogP contribution in [0.15, 0.2) is 67.0 Å². The number of carbonyl (C=O) groups is 1. The molecule has 0 saturated heterocycles. The summed E-state index contributed by atoms with van der Waals surface area (Å²) in [6.45, 7) is 0.644. The van der Waals surface area contributed by atoms with Crippen LogP contribution in [-0.2, 0) is 6.42 Å². The van der Waals surface area contributed by atoms with Crippen molar-refractivity contribution >= 4 is 5.97 Å². The number of benzene rings is 2. The zero-order valence-corrected chi connectivity index (χ0v) is 15.4. The Morgan fingerprint density at radius 3 is 2.82 bits per heavy atom. The number of carboxylic acids is 1. The smallest absolute Gasteiger partial charge is 0.336 e. The van der Waals surface area contributed by atoms with Crippen LogP contribution in [0, 0.1) is 0 Å². The Bertz CT molecular complexity index is 971. The number of fused-ring (bicyclic) bond motifs is 1. The van der Waals surface area contributed by atoms with Crippen LogP contribution in [0.25, 0.3) is 0 Å². The van der Waals surface area contributed by atoms with E-state index in [2.05, 4.69) is 11.1 Å². The highest BCUT2D eigenvalue weighted by molar-refractivity contribution is 5.89. The lowest BCUT2D eigenvalue weighted by molar-refractivity contribution is 0.0695. The molecular formula is C23H21NO4. The lowest BCUT2D eigenvalue weighted by Gasteiger charge is -2.26. The fourth-order valence-electron chi connectivity index (χ4n) is 3.60. The third kappa shape index (κ3) is 3.98. The minimum Gasteiger partial charge on any atom is -0.493 e. The van der Waals surface area contributed by atoms with Crippen molar-refractivity contribution in [3.05, 3.63) is 83.7 Å². The number of aromatic nitrogens is 1. The van der Waals surface area contributed by atoms with Gasteiger partial charge in [-0.3, -0.25) is 4.98 Å². The van der Waals surface area contributed by atoms with Gasteiger partial charge in [0.15, 0.2) is 0 Å². The monoisotopic (exact) mass is 375 g/mol. The van der Waals surface area contributed by atoms with Gasteiger partial charge in [-0.1, -0.05) is 24.3 Å². The third-order valence-electron chi connectivity index (χ3n) is 5.02. The molecule has 0 fully saturated rings. The predicted molar refractivity (Wildman–Crippen MR) is 105 cm³/mol. The summed E-state index contributed by atoms with van der Waals surface area (Å²) in [5, 5.41) is 9.35. The molecule has 0 radical (unpaired) electrons. The highest BCUT2D eigenvalue weighted by Gasteiger charge is 2.23. The van der Waals surface area contributed by atoms with Gasteiger partial charge in [-0.2, -0.15) is 0 Å². The molecule has 0 saturated carbocycles. The first-order valence-electron chi connectivity index (χ1n) is 9.36. The van der Waals surface area contributed by atoms with Crippen LogP contribution in [0.5, 0.6) is 17.2 Å². The van der Waals surface area contributed by atoms with E-state index in [0.29, 0.717) is 24.5 Å². The number of hydrogen-bond donors (Lipinski definition) is 1. The van der Waals surface area contributed by atoms with E-state index in [-0.39, 0.29) is 0 Å². The summed E-state index contributed by atoms with van der Waals surface area (Å²) in [4.78, 5) is 15.5. The molecule has 28 heavy (non-hydrogen) atoms. The molecule has 0 bridgehead atoms. The van der Waals surface area contributed by atoms with Gasteiger partial charge in [0.1, 0.15) is 17.2 Å². The second kappa shape index (κ2) is 8.13. The first kappa shape index (κ1) is 18.0. The van der Waals surface area contributed by atoms with Crippen molar-refractivity contribution < 1.29 is 19.4 Å². The average molecular weight is 375 g/mol. The van der Waals surface area contributed by atoms with Gasteiger partial charge >= 0.3 is 5.97 Å². The number of aromatic carboxylic acids is 1. The minimum absolute atomic E-state index is 0.316. The van der Waals surface area contributed by atoms with E-state index in [9.17, 15) is 9.90 Å². The van der Waals surface area contributed by atoms with Gasteiger partial charge in [0, 0.05) is 18.5 Å². The van der Waals surface area contributed by atoms with E-state index in [4.69, 9.17) is 9.47 Å². The number of nitrogens with zero attached hydrogens (tertiary/aromatic N) is 1. The molecule has 0 amide bonds. The lowest BCUT2D eigenvalue weighted by atomic mass is 9.87. The minimum atomic E-state index is -0.910. The van der Waals surface area contributed by atoms with Crippen molar-refractivity contribution in [1.29, 1.82) is 0 Å². The lowest BCUT2D eigenvalue weighted by Crippen LogP contribution is -2.15. The molecule has 1 aliphatic rings. The summed E-state index contributed by atoms with van der Waals surface area (Å²) < 4.78 is 11.8. The maximum absolute atomic E-state index is 11.4. The normalized spacial score (nSPS) is 15.4. The molecule has 3 aromatic rings. The summed E-state index contributed by atoms with van der Waals surface area (Å²) in [5.74, 6) is 1.77. The molecule has 1 N–H and O–H groups in total. The average Bonchev–Trinajstić information content (AvgIpc) is 2.73. The van der Waals surface area contributed by atoms with Crippen molar-refractivity contribution in [2.45, 2.75) is 25.2 Å². The second-order valence-electron chi connectivity index (χ2n) is 6.83. The molecule has 2 heterocycles. The molecular weight excluding hydrogens is 354 g/mol. The highest BCUT2D eigenvalue weighted by Crippen LogP contribution is 2.39. The maximum atomic E-state index is 11.4. The van der Waals surface area contributed by atoms with E-state index < -0.39 is 5.97 Å². The van der Waals surface area contributed by atoms with Crippen LogP contribution in [0.1, 0.15) is 40.2 Å². The molecule has 0 aliphatic carbocycles. The van der Waals surface area contributed by atoms with E-state index in [0.717, 1.165) is 41.2 Å². The zero-order chi connectivity index (χ0) is 19.3. The Morgan fingerprint density at radius 1 is 1.14 bits per heavy atom. The molecule has 1 aliphatic heterocycles. The summed E-state index contributed by atoms with van der Waals surface area (Å²) >= 11 is 0. The van der Waals surface area contributed by atoms with Gasteiger partial charge in [0.05, 0.1) is 12.2 Å². The number of ether oxygens (including phenoxy) is 2. The number of para-hydroxylation sites is 1. The van der Waals surface area contributed by atoms with Crippen molar-refractivity contribution in [1.82, 2.24) is 4.98 Å². The third-order valence-corrected chi connectivity index (χ3v) is 5.02. The summed E-state index contributed by atoms with van der Waals surface area (Å²) in [7, 11) is 0. The van der Waals surface area contributed by atoms with Gasteiger partial charge in [-0.05, 0) is 60.6 Å². The van der Waals surface area contributed by atoms with Crippen molar-refractivity contribution in [2.75, 3.05) is 6.61 Å². The van der Waals surface area contributed by atoms with E-state index in [1.54, 1.807) is 12.3 Å². The van der Waals surface area contributed by atoms with Gasteiger partial charge in [0.2, 0.25) is 0 Å². The summed E-state index contributed by atoms with van der Waals surface area (Å²) in [6, 6.07) is 17.1. The number of rotatable bonds is 6. The fraction of sp³-hybridized carbons (Fsp3) is 0.217. The molecule has 142 valence electrons. The molecule has 2 aromatic carbocycles. The molecule has 1 unspecified atom stereocenters. The molecule has 1 aromatic heterocycles. The Balaban J connectivity index is 1.49. The first-order chi connectivity index (χ1) is 13.7. The SMILES string of the molecule is O=C(O)c1ccncc1CCC1CCOc2cc(Oc3ccccc3)ccc21. The standard InChI is InChI=1S/C23H21NO4/c25-23(26)21-10-12-24-15-17(21)7-6-16-11-13-27-22-14-19(8-9-20(16)22)28-18-4-2-1-3-5-18/h1-5,8-10,12,14-16H,6-7,11,13H2,(H,25,26). The van der Waals surface area contributed by atoms with Gasteiger partial charge in [-0.25, -0.2) is 4.79 Å². The van der Waals surface area contributed by atoms with E-state index in [1.807, 2.05) is 42.5 Å². The molecule has 5 heteroatoms. The van der Waals surface area contributed by atoms with Gasteiger partial charge in [-0.15, -0.1) is 0 Å². The Labute approximate surface area is 163 Å². The Kier molecular flexibility index (Phi) is 5.24. The number of aryl methyl sites for hydroxylation is 1. The summed E-state index contributed by atoms with van der Waals surface area (Å²) in [5.41, 5.74) is 2.24. The fourth-order valence-corrected chi connectivity index (χ4v) is 3.60. The Morgan fingerprint density at radius 2 is 2.00 bits per heavy atom. The molecule has 1 atom stereocenters. The highest BCUT2D eigenvalue weighted by atomic mass is 16.5. The molecule has 5 nitrogen and oxygen atoms in total. The quantitative estimate of drug-likeness (QED) is 0.651. The van der Waals surface area contributed by atoms with Crippen LogP contribution in [0.3, 0.4) is 0 Å². The summed E-state index contributed by atoms with van der Waals surface area (Å²) in [6.07, 6.45) is 5.60. The van der Waals surface area contributed by atoms with Crippen LogP contribution in [-0.4, -0.2) is 22.7 Å². The second-order valence-corrected chi connectivity index (χ2v) is 6.83. The van der Waals surface area contributed by atoms with Crippen LogP contribution < -0.4 is 9.47 Å². The maximum Gasteiger partial charge on any atom is 0.336 e. The number of pyridine rings is 1. The van der Waals surface area contributed by atoms with Crippen LogP contribution >= 0.6 is 0 Å². The molecule has 4 rings (SSSR count). The topological polar surface area (TPSA) is 68.7 Å². The molecule has 0 spiro atoms. The van der Waals surface area contributed by atoms with Gasteiger partial charge < -0.3 is 14.6 Å². The first-order valence-corrected chi connectivity index (χ1v) is 9.36. The van der Waals surface area contributed by atoms with Crippen molar-refractivity contribution in [2.24, 2.45) is 0 Å². The van der Waals surface area contributed by atoms with E-state index >= 15 is 0 Å². The van der Waals surface area contributed by atoms with Crippen molar-refractivity contribution in [3.8, 4) is 17.2 Å².